The predicted octanol–water partition coefficient (Wildman–Crippen LogP) is 3.98. The van der Waals surface area contributed by atoms with E-state index in [1.165, 1.54) is 4.90 Å². The molecular weight excluding hydrogens is 410 g/mol. The molecule has 1 aromatic heterocycles. The predicted molar refractivity (Wildman–Crippen MR) is 123 cm³/mol. The van der Waals surface area contributed by atoms with Crippen molar-refractivity contribution in [2.45, 2.75) is 32.8 Å². The maximum Gasteiger partial charge on any atom is 0.268 e. The fraction of sp³-hybridized carbons (Fsp3) is 0.292. The van der Waals surface area contributed by atoms with Crippen molar-refractivity contribution in [3.05, 3.63) is 64.5 Å². The number of carbonyl (C=O) groups excluding carboxylic acids is 2. The highest BCUT2D eigenvalue weighted by molar-refractivity contribution is 7.09. The second-order valence-electron chi connectivity index (χ2n) is 7.46. The molecule has 1 atom stereocenters. The van der Waals surface area contributed by atoms with Gasteiger partial charge in [-0.25, -0.2) is 4.98 Å². The molecule has 1 aliphatic rings. The molecule has 1 aliphatic heterocycles. The van der Waals surface area contributed by atoms with Crippen molar-refractivity contribution < 1.29 is 14.3 Å². The molecular formula is C24H25N3O3S. The Morgan fingerprint density at radius 3 is 2.74 bits per heavy atom. The number of amides is 2. The summed E-state index contributed by atoms with van der Waals surface area (Å²) in [6.45, 7) is 4.33. The molecule has 0 radical (unpaired) electrons. The van der Waals surface area contributed by atoms with Gasteiger partial charge in [0, 0.05) is 17.5 Å². The van der Waals surface area contributed by atoms with E-state index in [4.69, 9.17) is 4.74 Å². The van der Waals surface area contributed by atoms with Crippen molar-refractivity contribution in [3.63, 3.8) is 0 Å². The first-order valence-corrected chi connectivity index (χ1v) is 11.3. The van der Waals surface area contributed by atoms with Gasteiger partial charge in [0.25, 0.3) is 5.91 Å². The first kappa shape index (κ1) is 21.1. The van der Waals surface area contributed by atoms with Crippen LogP contribution in [0.15, 0.2) is 53.9 Å². The van der Waals surface area contributed by atoms with Crippen molar-refractivity contribution in [1.29, 1.82) is 0 Å². The highest BCUT2D eigenvalue weighted by Crippen LogP contribution is 2.38. The van der Waals surface area contributed by atoms with E-state index in [9.17, 15) is 9.59 Å². The van der Waals surface area contributed by atoms with Gasteiger partial charge in [-0.15, -0.1) is 11.3 Å². The van der Waals surface area contributed by atoms with E-state index in [2.05, 4.69) is 10.3 Å². The number of carbonyl (C=O) groups is 2. The van der Waals surface area contributed by atoms with Gasteiger partial charge < -0.3 is 10.1 Å². The number of hydrogen-bond acceptors (Lipinski definition) is 5. The van der Waals surface area contributed by atoms with Crippen LogP contribution < -0.4 is 15.0 Å². The SMILES string of the molecule is CCC1Oc2ccc(-c3csc(C)n3)cc2N(CC(=O)NCCc2ccccc2)C1=O. The molecule has 2 amide bonds. The van der Waals surface area contributed by atoms with Gasteiger partial charge >= 0.3 is 0 Å². The molecule has 6 nitrogen and oxygen atoms in total. The molecule has 0 saturated heterocycles. The number of nitrogens with zero attached hydrogens (tertiary/aromatic N) is 2. The van der Waals surface area contributed by atoms with Crippen molar-refractivity contribution in [2.75, 3.05) is 18.0 Å². The average Bonchev–Trinajstić information content (AvgIpc) is 3.22. The fourth-order valence-electron chi connectivity index (χ4n) is 3.59. The summed E-state index contributed by atoms with van der Waals surface area (Å²) >= 11 is 1.57. The zero-order valence-corrected chi connectivity index (χ0v) is 18.4. The molecule has 160 valence electrons. The van der Waals surface area contributed by atoms with E-state index in [1.807, 2.05) is 67.8 Å². The number of anilines is 1. The van der Waals surface area contributed by atoms with Crippen LogP contribution in [0.4, 0.5) is 5.69 Å². The first-order valence-electron chi connectivity index (χ1n) is 10.4. The Morgan fingerprint density at radius 2 is 2.03 bits per heavy atom. The topological polar surface area (TPSA) is 71.5 Å². The third-order valence-electron chi connectivity index (χ3n) is 5.23. The van der Waals surface area contributed by atoms with Crippen LogP contribution in [0.25, 0.3) is 11.3 Å². The largest absolute Gasteiger partial charge is 0.478 e. The third kappa shape index (κ3) is 4.77. The average molecular weight is 436 g/mol. The van der Waals surface area contributed by atoms with E-state index in [0.717, 1.165) is 28.2 Å². The molecule has 3 aromatic rings. The van der Waals surface area contributed by atoms with Gasteiger partial charge in [0.1, 0.15) is 12.3 Å². The van der Waals surface area contributed by atoms with Gasteiger partial charge in [0.05, 0.1) is 16.4 Å². The van der Waals surface area contributed by atoms with Crippen molar-refractivity contribution >= 4 is 28.8 Å². The normalized spacial score (nSPS) is 15.4. The molecule has 7 heteroatoms. The zero-order valence-electron chi connectivity index (χ0n) is 17.6. The monoisotopic (exact) mass is 435 g/mol. The number of nitrogens with one attached hydrogen (secondary N) is 1. The first-order chi connectivity index (χ1) is 15.0. The van der Waals surface area contributed by atoms with Crippen LogP contribution in [0.2, 0.25) is 0 Å². The Balaban J connectivity index is 1.51. The Kier molecular flexibility index (Phi) is 6.32. The van der Waals surface area contributed by atoms with E-state index in [-0.39, 0.29) is 18.4 Å². The molecule has 0 spiro atoms. The molecule has 2 heterocycles. The molecule has 1 N–H and O–H groups in total. The summed E-state index contributed by atoms with van der Waals surface area (Å²) in [6, 6.07) is 15.7. The fourth-order valence-corrected chi connectivity index (χ4v) is 4.21. The maximum absolute atomic E-state index is 13.0. The van der Waals surface area contributed by atoms with Crippen molar-refractivity contribution in [1.82, 2.24) is 10.3 Å². The number of fused-ring (bicyclic) bond motifs is 1. The maximum atomic E-state index is 13.0. The summed E-state index contributed by atoms with van der Waals surface area (Å²) in [5, 5.41) is 5.89. The zero-order chi connectivity index (χ0) is 21.8. The number of aryl methyl sites for hydroxylation is 1. The lowest BCUT2D eigenvalue weighted by atomic mass is 10.1. The standard InChI is InChI=1S/C24H25N3O3S/c1-3-21-24(29)27(14-23(28)25-12-11-17-7-5-4-6-8-17)20-13-18(9-10-22(20)30-21)19-15-31-16(2)26-19/h4-10,13,15,21H,3,11-12,14H2,1-2H3,(H,25,28). The summed E-state index contributed by atoms with van der Waals surface area (Å²) in [5.74, 6) is 0.223. The van der Waals surface area contributed by atoms with Crippen LogP contribution in [-0.4, -0.2) is 36.0 Å². The minimum absolute atomic E-state index is 0.0416. The third-order valence-corrected chi connectivity index (χ3v) is 6.00. The number of benzene rings is 2. The van der Waals surface area contributed by atoms with E-state index >= 15 is 0 Å². The second-order valence-corrected chi connectivity index (χ2v) is 8.52. The number of thiazole rings is 1. The van der Waals surface area contributed by atoms with Crippen molar-refractivity contribution in [3.8, 4) is 17.0 Å². The van der Waals surface area contributed by atoms with E-state index < -0.39 is 6.10 Å². The number of rotatable bonds is 7. The van der Waals surface area contributed by atoms with Gasteiger partial charge in [-0.1, -0.05) is 37.3 Å². The minimum atomic E-state index is -0.586. The Labute approximate surface area is 185 Å². The highest BCUT2D eigenvalue weighted by Gasteiger charge is 2.34. The summed E-state index contributed by atoms with van der Waals surface area (Å²) in [5.41, 5.74) is 3.51. The quantitative estimate of drug-likeness (QED) is 0.609. The van der Waals surface area contributed by atoms with Gasteiger partial charge in [-0.3, -0.25) is 14.5 Å². The number of hydrogen-bond donors (Lipinski definition) is 1. The van der Waals surface area contributed by atoms with Crippen LogP contribution >= 0.6 is 11.3 Å². The summed E-state index contributed by atoms with van der Waals surface area (Å²) in [7, 11) is 0. The number of aromatic nitrogens is 1. The number of ether oxygens (including phenoxy) is 1. The molecule has 31 heavy (non-hydrogen) atoms. The summed E-state index contributed by atoms with van der Waals surface area (Å²) < 4.78 is 5.90. The smallest absolute Gasteiger partial charge is 0.268 e. The van der Waals surface area contributed by atoms with E-state index in [1.54, 1.807) is 11.3 Å². The Hall–Kier alpha value is -3.19. The van der Waals surface area contributed by atoms with Crippen LogP contribution in [0.3, 0.4) is 0 Å². The minimum Gasteiger partial charge on any atom is -0.478 e. The van der Waals surface area contributed by atoms with Crippen LogP contribution in [-0.2, 0) is 16.0 Å². The second kappa shape index (κ2) is 9.31. The van der Waals surface area contributed by atoms with Crippen LogP contribution in [0, 0.1) is 6.92 Å². The highest BCUT2D eigenvalue weighted by atomic mass is 32.1. The Morgan fingerprint density at radius 1 is 1.23 bits per heavy atom. The van der Waals surface area contributed by atoms with Crippen LogP contribution in [0.5, 0.6) is 5.75 Å². The molecule has 0 saturated carbocycles. The molecule has 0 aliphatic carbocycles. The molecule has 0 bridgehead atoms. The van der Waals surface area contributed by atoms with Gasteiger partial charge in [-0.05, 0) is 43.5 Å². The van der Waals surface area contributed by atoms with Gasteiger partial charge in [0.15, 0.2) is 6.10 Å². The van der Waals surface area contributed by atoms with E-state index in [0.29, 0.717) is 24.4 Å². The summed E-state index contributed by atoms with van der Waals surface area (Å²) in [6.07, 6.45) is 0.694. The summed E-state index contributed by atoms with van der Waals surface area (Å²) in [4.78, 5) is 31.7. The molecule has 2 aromatic carbocycles. The molecule has 4 rings (SSSR count). The van der Waals surface area contributed by atoms with Crippen LogP contribution in [0.1, 0.15) is 23.9 Å². The lowest BCUT2D eigenvalue weighted by Crippen LogP contribution is -2.49. The van der Waals surface area contributed by atoms with Gasteiger partial charge in [-0.2, -0.15) is 0 Å². The Bertz CT molecular complexity index is 1080. The molecule has 0 fully saturated rings. The lowest BCUT2D eigenvalue weighted by Gasteiger charge is -2.34. The van der Waals surface area contributed by atoms with Gasteiger partial charge in [0.2, 0.25) is 5.91 Å². The lowest BCUT2D eigenvalue weighted by molar-refractivity contribution is -0.129. The molecule has 1 unspecified atom stereocenters. The van der Waals surface area contributed by atoms with Crippen molar-refractivity contribution in [2.24, 2.45) is 0 Å².